The molecule has 0 saturated carbocycles. The molecule has 0 bridgehead atoms. The lowest BCUT2D eigenvalue weighted by molar-refractivity contribution is 0.0199. The van der Waals surface area contributed by atoms with E-state index in [4.69, 9.17) is 14.2 Å². The van der Waals surface area contributed by atoms with E-state index in [1.165, 1.54) is 0 Å². The number of nitrogens with zero attached hydrogens (tertiary/aromatic N) is 4. The average molecular weight is 482 g/mol. The normalized spacial score (nSPS) is 14.6. The van der Waals surface area contributed by atoms with Gasteiger partial charge in [-0.25, -0.2) is 14.3 Å². The molecule has 3 heterocycles. The SMILES string of the molecule is COc1ccc(-c2ccnc3cc(C(=O)NC4CCN(C(=O)OC(C)(C)C)CC4)nn23)cc1OC. The van der Waals surface area contributed by atoms with E-state index in [1.54, 1.807) is 35.9 Å². The highest BCUT2D eigenvalue weighted by Gasteiger charge is 2.28. The molecular weight excluding hydrogens is 450 g/mol. The fraction of sp³-hybridized carbons (Fsp3) is 0.440. The maximum atomic E-state index is 13.0. The predicted molar refractivity (Wildman–Crippen MR) is 130 cm³/mol. The molecule has 10 heteroatoms. The lowest BCUT2D eigenvalue weighted by Crippen LogP contribution is -2.47. The van der Waals surface area contributed by atoms with E-state index in [-0.39, 0.29) is 23.7 Å². The van der Waals surface area contributed by atoms with Gasteiger partial charge in [0.15, 0.2) is 22.8 Å². The Labute approximate surface area is 204 Å². The van der Waals surface area contributed by atoms with E-state index in [1.807, 2.05) is 45.0 Å². The summed E-state index contributed by atoms with van der Waals surface area (Å²) >= 11 is 0. The first-order chi connectivity index (χ1) is 16.7. The zero-order valence-corrected chi connectivity index (χ0v) is 20.7. The van der Waals surface area contributed by atoms with Gasteiger partial charge < -0.3 is 24.4 Å². The lowest BCUT2D eigenvalue weighted by atomic mass is 10.1. The molecule has 4 rings (SSSR count). The number of rotatable bonds is 5. The molecule has 1 aromatic carbocycles. The number of hydrogen-bond donors (Lipinski definition) is 1. The Balaban J connectivity index is 1.46. The van der Waals surface area contributed by atoms with E-state index in [9.17, 15) is 9.59 Å². The summed E-state index contributed by atoms with van der Waals surface area (Å²) in [5.41, 5.74) is 1.91. The van der Waals surface area contributed by atoms with E-state index < -0.39 is 5.60 Å². The Hall–Kier alpha value is -3.82. The molecule has 186 valence electrons. The number of carbonyl (C=O) groups excluding carboxylic acids is 2. The minimum absolute atomic E-state index is 0.0516. The summed E-state index contributed by atoms with van der Waals surface area (Å²) in [4.78, 5) is 31.3. The summed E-state index contributed by atoms with van der Waals surface area (Å²) in [6.45, 7) is 6.58. The first kappa shape index (κ1) is 24.3. The van der Waals surface area contributed by atoms with Crippen LogP contribution in [0.3, 0.4) is 0 Å². The highest BCUT2D eigenvalue weighted by atomic mass is 16.6. The van der Waals surface area contributed by atoms with Crippen LogP contribution in [0.15, 0.2) is 36.5 Å². The molecule has 3 aromatic rings. The van der Waals surface area contributed by atoms with Gasteiger partial charge in [0.25, 0.3) is 5.91 Å². The Bertz CT molecular complexity index is 1220. The van der Waals surface area contributed by atoms with Gasteiger partial charge in [0, 0.05) is 37.0 Å². The molecule has 10 nitrogen and oxygen atoms in total. The van der Waals surface area contributed by atoms with Gasteiger partial charge in [0.1, 0.15) is 5.60 Å². The minimum Gasteiger partial charge on any atom is -0.493 e. The largest absolute Gasteiger partial charge is 0.493 e. The molecule has 1 aliphatic heterocycles. The molecule has 0 aliphatic carbocycles. The van der Waals surface area contributed by atoms with Crippen LogP contribution in [0.4, 0.5) is 4.79 Å². The highest BCUT2D eigenvalue weighted by Crippen LogP contribution is 2.32. The second-order valence-electron chi connectivity index (χ2n) is 9.41. The number of fused-ring (bicyclic) bond motifs is 1. The fourth-order valence-corrected chi connectivity index (χ4v) is 4.01. The van der Waals surface area contributed by atoms with Crippen LogP contribution < -0.4 is 14.8 Å². The van der Waals surface area contributed by atoms with E-state index >= 15 is 0 Å². The number of benzene rings is 1. The van der Waals surface area contributed by atoms with Gasteiger partial charge in [0.05, 0.1) is 19.9 Å². The monoisotopic (exact) mass is 481 g/mol. The number of hydrogen-bond acceptors (Lipinski definition) is 7. The molecule has 35 heavy (non-hydrogen) atoms. The average Bonchev–Trinajstić information content (AvgIpc) is 3.28. The molecule has 2 amide bonds. The molecule has 1 aliphatic rings. The number of carbonyl (C=O) groups is 2. The molecule has 0 unspecified atom stereocenters. The van der Waals surface area contributed by atoms with Gasteiger partial charge in [-0.05, 0) is 57.9 Å². The fourth-order valence-electron chi connectivity index (χ4n) is 4.01. The van der Waals surface area contributed by atoms with Crippen molar-refractivity contribution in [2.45, 2.75) is 45.3 Å². The first-order valence-corrected chi connectivity index (χ1v) is 11.5. The van der Waals surface area contributed by atoms with Crippen LogP contribution in [0, 0.1) is 0 Å². The van der Waals surface area contributed by atoms with E-state index in [0.717, 1.165) is 11.3 Å². The number of amides is 2. The van der Waals surface area contributed by atoms with Crippen molar-refractivity contribution in [3.05, 3.63) is 42.2 Å². The van der Waals surface area contributed by atoms with E-state index in [0.29, 0.717) is 43.1 Å². The van der Waals surface area contributed by atoms with Gasteiger partial charge in [-0.2, -0.15) is 5.10 Å². The topological polar surface area (TPSA) is 107 Å². The van der Waals surface area contributed by atoms with Gasteiger partial charge in [-0.15, -0.1) is 0 Å². The molecule has 1 N–H and O–H groups in total. The standard InChI is InChI=1S/C25H31N5O5/c1-25(2,3)35-24(32)29-12-9-17(10-13-29)27-23(31)18-15-22-26-11-8-19(30(22)28-18)16-6-7-20(33-4)21(14-16)34-5/h6-8,11,14-15,17H,9-10,12-13H2,1-5H3,(H,27,31). The number of nitrogens with one attached hydrogen (secondary N) is 1. The van der Waals surface area contributed by atoms with Crippen LogP contribution in [-0.2, 0) is 4.74 Å². The van der Waals surface area contributed by atoms with Crippen molar-refractivity contribution in [2.75, 3.05) is 27.3 Å². The predicted octanol–water partition coefficient (Wildman–Crippen LogP) is 3.54. The Morgan fingerprint density at radius 2 is 1.74 bits per heavy atom. The van der Waals surface area contributed by atoms with Crippen molar-refractivity contribution in [3.8, 4) is 22.8 Å². The summed E-state index contributed by atoms with van der Waals surface area (Å²) in [5.74, 6) is 0.946. The highest BCUT2D eigenvalue weighted by molar-refractivity contribution is 5.93. The number of aromatic nitrogens is 3. The lowest BCUT2D eigenvalue weighted by Gasteiger charge is -2.33. The van der Waals surface area contributed by atoms with Crippen molar-refractivity contribution >= 4 is 17.6 Å². The summed E-state index contributed by atoms with van der Waals surface area (Å²) in [6, 6.07) is 9.01. The van der Waals surface area contributed by atoms with Crippen molar-refractivity contribution in [1.82, 2.24) is 24.8 Å². The molecule has 1 fully saturated rings. The molecule has 0 atom stereocenters. The Kier molecular flexibility index (Phi) is 6.81. The van der Waals surface area contributed by atoms with Crippen molar-refractivity contribution in [2.24, 2.45) is 0 Å². The first-order valence-electron chi connectivity index (χ1n) is 11.5. The Morgan fingerprint density at radius 3 is 2.40 bits per heavy atom. The third-order valence-electron chi connectivity index (χ3n) is 5.75. The third kappa shape index (κ3) is 5.47. The molecular formula is C25H31N5O5. The molecule has 1 saturated heterocycles. The van der Waals surface area contributed by atoms with Crippen LogP contribution in [-0.4, -0.2) is 70.5 Å². The molecule has 0 radical (unpaired) electrons. The maximum Gasteiger partial charge on any atom is 0.410 e. The van der Waals surface area contributed by atoms with E-state index in [2.05, 4.69) is 15.4 Å². The van der Waals surface area contributed by atoms with Gasteiger partial charge in [0.2, 0.25) is 0 Å². The van der Waals surface area contributed by atoms with Crippen LogP contribution in [0.2, 0.25) is 0 Å². The Morgan fingerprint density at radius 1 is 1.03 bits per heavy atom. The second kappa shape index (κ2) is 9.81. The van der Waals surface area contributed by atoms with Gasteiger partial charge in [-0.3, -0.25) is 4.79 Å². The third-order valence-corrected chi connectivity index (χ3v) is 5.75. The second-order valence-corrected chi connectivity index (χ2v) is 9.41. The number of likely N-dealkylation sites (tertiary alicyclic amines) is 1. The summed E-state index contributed by atoms with van der Waals surface area (Å²) < 4.78 is 17.8. The molecule has 2 aromatic heterocycles. The van der Waals surface area contributed by atoms with Crippen LogP contribution in [0.1, 0.15) is 44.1 Å². The van der Waals surface area contributed by atoms with Crippen LogP contribution >= 0.6 is 0 Å². The summed E-state index contributed by atoms with van der Waals surface area (Å²) in [5, 5.41) is 7.56. The quantitative estimate of drug-likeness (QED) is 0.594. The van der Waals surface area contributed by atoms with Crippen molar-refractivity contribution in [3.63, 3.8) is 0 Å². The minimum atomic E-state index is -0.533. The maximum absolute atomic E-state index is 13.0. The summed E-state index contributed by atoms with van der Waals surface area (Å²) in [6.07, 6.45) is 2.65. The zero-order chi connectivity index (χ0) is 25.2. The number of methoxy groups -OCH3 is 2. The van der Waals surface area contributed by atoms with Crippen molar-refractivity contribution in [1.29, 1.82) is 0 Å². The van der Waals surface area contributed by atoms with Gasteiger partial charge >= 0.3 is 6.09 Å². The zero-order valence-electron chi connectivity index (χ0n) is 20.7. The van der Waals surface area contributed by atoms with Crippen LogP contribution in [0.5, 0.6) is 11.5 Å². The molecule has 0 spiro atoms. The van der Waals surface area contributed by atoms with Crippen molar-refractivity contribution < 1.29 is 23.8 Å². The van der Waals surface area contributed by atoms with Gasteiger partial charge in [-0.1, -0.05) is 0 Å². The van der Waals surface area contributed by atoms with Crippen LogP contribution in [0.25, 0.3) is 16.9 Å². The summed E-state index contributed by atoms with van der Waals surface area (Å²) in [7, 11) is 3.17. The smallest absolute Gasteiger partial charge is 0.410 e. The number of ether oxygens (including phenoxy) is 3. The number of piperidine rings is 1.